The van der Waals surface area contributed by atoms with Crippen LogP contribution in [0.4, 0.5) is 17.6 Å². The molecule has 9 heteroatoms. The van der Waals surface area contributed by atoms with E-state index in [1.54, 1.807) is 6.92 Å². The van der Waals surface area contributed by atoms with Gasteiger partial charge < -0.3 is 10.1 Å². The van der Waals surface area contributed by atoms with Crippen molar-refractivity contribution in [3.8, 4) is 16.9 Å². The van der Waals surface area contributed by atoms with Crippen LogP contribution in [0.25, 0.3) is 11.1 Å². The van der Waals surface area contributed by atoms with Gasteiger partial charge in [-0.2, -0.15) is 18.3 Å². The van der Waals surface area contributed by atoms with Crippen LogP contribution in [0.2, 0.25) is 0 Å². The third kappa shape index (κ3) is 5.43. The molecule has 2 N–H and O–H groups in total. The van der Waals surface area contributed by atoms with Crippen LogP contribution in [0.5, 0.6) is 5.75 Å². The Morgan fingerprint density at radius 1 is 1.26 bits per heavy atom. The van der Waals surface area contributed by atoms with E-state index in [9.17, 15) is 17.6 Å². The van der Waals surface area contributed by atoms with Gasteiger partial charge in [-0.1, -0.05) is 6.92 Å². The molecule has 0 bridgehead atoms. The van der Waals surface area contributed by atoms with Gasteiger partial charge in [-0.05, 0) is 32.6 Å². The summed E-state index contributed by atoms with van der Waals surface area (Å²) in [5.74, 6) is -1.23. The number of nitrogens with one attached hydrogen (secondary N) is 2. The number of aromatic amines is 1. The first kappa shape index (κ1) is 21.2. The maximum atomic E-state index is 14.9. The van der Waals surface area contributed by atoms with Crippen molar-refractivity contribution in [1.29, 1.82) is 0 Å². The molecule has 1 heterocycles. The first-order valence-corrected chi connectivity index (χ1v) is 8.67. The Balaban J connectivity index is 2.44. The minimum Gasteiger partial charge on any atom is -0.490 e. The maximum Gasteiger partial charge on any atom is 0.416 e. The van der Waals surface area contributed by atoms with Crippen LogP contribution in [0, 0.1) is 5.82 Å². The van der Waals surface area contributed by atoms with E-state index in [1.165, 1.54) is 6.20 Å². The molecule has 0 radical (unpaired) electrons. The second-order valence-electron chi connectivity index (χ2n) is 6.27. The van der Waals surface area contributed by atoms with Gasteiger partial charge >= 0.3 is 6.18 Å². The van der Waals surface area contributed by atoms with Crippen LogP contribution in [0.15, 0.2) is 18.3 Å². The molecule has 0 unspecified atom stereocenters. The molecule has 0 saturated carbocycles. The summed E-state index contributed by atoms with van der Waals surface area (Å²) in [7, 11) is 3.68. The zero-order valence-electron chi connectivity index (χ0n) is 15.6. The van der Waals surface area contributed by atoms with E-state index in [2.05, 4.69) is 15.5 Å². The lowest BCUT2D eigenvalue weighted by Gasteiger charge is -2.17. The summed E-state index contributed by atoms with van der Waals surface area (Å²) in [6, 6.07) is 1.50. The van der Waals surface area contributed by atoms with Gasteiger partial charge in [-0.25, -0.2) is 4.39 Å². The van der Waals surface area contributed by atoms with Crippen molar-refractivity contribution in [2.24, 2.45) is 0 Å². The lowest BCUT2D eigenvalue weighted by atomic mass is 10.0. The van der Waals surface area contributed by atoms with E-state index < -0.39 is 23.3 Å². The first-order chi connectivity index (χ1) is 12.8. The van der Waals surface area contributed by atoms with Gasteiger partial charge in [0.1, 0.15) is 0 Å². The molecule has 2 rings (SSSR count). The number of nitrogens with zero attached hydrogens (tertiary/aromatic N) is 2. The topological polar surface area (TPSA) is 53.2 Å². The summed E-state index contributed by atoms with van der Waals surface area (Å²) in [5, 5.41) is 9.73. The Kier molecular flexibility index (Phi) is 7.20. The fraction of sp³-hybridized carbons (Fsp3) is 0.500. The lowest BCUT2D eigenvalue weighted by molar-refractivity contribution is -0.137. The van der Waals surface area contributed by atoms with E-state index in [-0.39, 0.29) is 17.7 Å². The van der Waals surface area contributed by atoms with Gasteiger partial charge in [-0.3, -0.25) is 10.00 Å². The van der Waals surface area contributed by atoms with Crippen molar-refractivity contribution in [1.82, 2.24) is 20.4 Å². The first-order valence-electron chi connectivity index (χ1n) is 8.67. The van der Waals surface area contributed by atoms with Crippen molar-refractivity contribution in [2.75, 3.05) is 33.8 Å². The Morgan fingerprint density at radius 3 is 2.63 bits per heavy atom. The Labute approximate surface area is 155 Å². The predicted molar refractivity (Wildman–Crippen MR) is 95.0 cm³/mol. The number of hydrogen-bond donors (Lipinski definition) is 2. The minimum atomic E-state index is -4.61. The number of alkyl halides is 3. The highest BCUT2D eigenvalue weighted by atomic mass is 19.4. The van der Waals surface area contributed by atoms with Crippen LogP contribution >= 0.6 is 0 Å². The summed E-state index contributed by atoms with van der Waals surface area (Å²) in [5.41, 5.74) is -0.382. The van der Waals surface area contributed by atoms with Gasteiger partial charge in [0, 0.05) is 37.0 Å². The highest BCUT2D eigenvalue weighted by Crippen LogP contribution is 2.38. The molecule has 0 spiro atoms. The van der Waals surface area contributed by atoms with E-state index >= 15 is 0 Å². The van der Waals surface area contributed by atoms with Gasteiger partial charge in [0.25, 0.3) is 0 Å². The number of aromatic nitrogens is 2. The standard InChI is InChI=1S/C18H24F4N4O/c1-4-7-27-16-9-12(18(20,21)22)8-13(17(16)19)14-10-24-25-15(14)11-26(3)6-5-23-2/h8-10,23H,4-7,11H2,1-3H3,(H,24,25). The molecule has 0 aliphatic heterocycles. The molecule has 1 aromatic heterocycles. The molecule has 27 heavy (non-hydrogen) atoms. The smallest absolute Gasteiger partial charge is 0.416 e. The van der Waals surface area contributed by atoms with Gasteiger partial charge in [0.05, 0.1) is 17.9 Å². The third-order valence-corrected chi connectivity index (χ3v) is 4.00. The Morgan fingerprint density at radius 2 is 2.00 bits per heavy atom. The normalized spacial score (nSPS) is 12.0. The summed E-state index contributed by atoms with van der Waals surface area (Å²) in [4.78, 5) is 1.94. The molecule has 0 aliphatic carbocycles. The SMILES string of the molecule is CCCOc1cc(C(F)(F)F)cc(-c2c[nH]nc2CN(C)CCNC)c1F. The molecular weight excluding hydrogens is 364 g/mol. The van der Waals surface area contributed by atoms with Crippen LogP contribution in [0.1, 0.15) is 24.6 Å². The average Bonchev–Trinajstić information content (AvgIpc) is 3.05. The predicted octanol–water partition coefficient (Wildman–Crippen LogP) is 3.67. The number of benzene rings is 1. The zero-order valence-corrected chi connectivity index (χ0v) is 15.6. The molecule has 1 aromatic carbocycles. The monoisotopic (exact) mass is 388 g/mol. The number of rotatable bonds is 9. The highest BCUT2D eigenvalue weighted by Gasteiger charge is 2.33. The summed E-state index contributed by atoms with van der Waals surface area (Å²) in [6.07, 6.45) is -2.65. The van der Waals surface area contributed by atoms with Crippen molar-refractivity contribution >= 4 is 0 Å². The van der Waals surface area contributed by atoms with Gasteiger partial charge in [-0.15, -0.1) is 0 Å². The molecule has 0 amide bonds. The van der Waals surface area contributed by atoms with Crippen LogP contribution in [-0.4, -0.2) is 48.9 Å². The molecular formula is C18H24F4N4O. The minimum absolute atomic E-state index is 0.128. The molecule has 150 valence electrons. The molecule has 0 fully saturated rings. The fourth-order valence-electron chi connectivity index (χ4n) is 2.58. The summed E-state index contributed by atoms with van der Waals surface area (Å²) >= 11 is 0. The number of halogens is 4. The zero-order chi connectivity index (χ0) is 20.0. The Hall–Kier alpha value is -2.13. The van der Waals surface area contributed by atoms with Gasteiger partial charge in [0.15, 0.2) is 11.6 Å². The van der Waals surface area contributed by atoms with Crippen LogP contribution < -0.4 is 10.1 Å². The lowest BCUT2D eigenvalue weighted by Crippen LogP contribution is -2.27. The van der Waals surface area contributed by atoms with E-state index in [1.807, 2.05) is 19.0 Å². The Bertz CT molecular complexity index is 745. The van der Waals surface area contributed by atoms with Crippen LogP contribution in [0.3, 0.4) is 0 Å². The molecule has 0 saturated heterocycles. The number of ether oxygens (including phenoxy) is 1. The van der Waals surface area contributed by atoms with Crippen molar-refractivity contribution in [3.63, 3.8) is 0 Å². The third-order valence-electron chi connectivity index (χ3n) is 4.00. The maximum absolute atomic E-state index is 14.9. The van der Waals surface area contributed by atoms with Crippen molar-refractivity contribution in [2.45, 2.75) is 26.1 Å². The quantitative estimate of drug-likeness (QED) is 0.644. The number of H-pyrrole nitrogens is 1. The van der Waals surface area contributed by atoms with Crippen LogP contribution in [-0.2, 0) is 12.7 Å². The summed E-state index contributed by atoms with van der Waals surface area (Å²) in [6.45, 7) is 3.73. The van der Waals surface area contributed by atoms with E-state index in [4.69, 9.17) is 4.74 Å². The van der Waals surface area contributed by atoms with E-state index in [0.29, 0.717) is 31.3 Å². The van der Waals surface area contributed by atoms with E-state index in [0.717, 1.165) is 12.6 Å². The largest absolute Gasteiger partial charge is 0.490 e. The van der Waals surface area contributed by atoms with Crippen molar-refractivity contribution < 1.29 is 22.3 Å². The number of hydrogen-bond acceptors (Lipinski definition) is 4. The highest BCUT2D eigenvalue weighted by molar-refractivity contribution is 5.69. The summed E-state index contributed by atoms with van der Waals surface area (Å²) < 4.78 is 59.9. The molecule has 5 nitrogen and oxygen atoms in total. The fourth-order valence-corrected chi connectivity index (χ4v) is 2.58. The van der Waals surface area contributed by atoms with Crippen molar-refractivity contribution in [3.05, 3.63) is 35.4 Å². The second kappa shape index (κ2) is 9.18. The molecule has 0 atom stereocenters. The average molecular weight is 388 g/mol. The van der Waals surface area contributed by atoms with Gasteiger partial charge in [0.2, 0.25) is 0 Å². The molecule has 0 aliphatic rings. The second-order valence-corrected chi connectivity index (χ2v) is 6.27. The molecule has 2 aromatic rings. The number of likely N-dealkylation sites (N-methyl/N-ethyl adjacent to an activating group) is 2.